The van der Waals surface area contributed by atoms with Gasteiger partial charge in [0.2, 0.25) is 0 Å². The zero-order valence-corrected chi connectivity index (χ0v) is 10.8. The Morgan fingerprint density at radius 1 is 1.68 bits per heavy atom. The summed E-state index contributed by atoms with van der Waals surface area (Å²) in [6.45, 7) is -0.570. The van der Waals surface area contributed by atoms with Gasteiger partial charge in [0.25, 0.3) is 5.85 Å². The molecule has 2 heterocycles. The van der Waals surface area contributed by atoms with Crippen LogP contribution in [0.5, 0.6) is 0 Å². The molecule has 1 saturated heterocycles. The van der Waals surface area contributed by atoms with Crippen LogP contribution in [0.25, 0.3) is 0 Å². The molecule has 0 aliphatic carbocycles. The zero-order valence-electron chi connectivity index (χ0n) is 9.95. The summed E-state index contributed by atoms with van der Waals surface area (Å²) < 4.78 is 24.8. The van der Waals surface area contributed by atoms with Gasteiger partial charge in [-0.1, -0.05) is 12.2 Å². The van der Waals surface area contributed by atoms with Gasteiger partial charge in [-0.25, -0.2) is 9.18 Å². The fourth-order valence-electron chi connectivity index (χ4n) is 1.92. The second-order valence-electron chi connectivity index (χ2n) is 4.18. The molecule has 0 bridgehead atoms. The summed E-state index contributed by atoms with van der Waals surface area (Å²) in [6.07, 6.45) is -3.55. The SMILES string of the molecule is COC[C@@]1(F)O[C@@H](n2ccc(=S)[nH]c2=O)[C@H](O)[C@@H]1O. The van der Waals surface area contributed by atoms with Crippen LogP contribution in [0, 0.1) is 4.64 Å². The predicted molar refractivity (Wildman–Crippen MR) is 63.7 cm³/mol. The van der Waals surface area contributed by atoms with Crippen molar-refractivity contribution >= 4 is 12.2 Å². The van der Waals surface area contributed by atoms with Crippen molar-refractivity contribution in [1.29, 1.82) is 0 Å². The molecule has 1 aromatic heterocycles. The normalized spacial score (nSPS) is 34.6. The third-order valence-corrected chi connectivity index (χ3v) is 3.08. The van der Waals surface area contributed by atoms with Crippen molar-refractivity contribution in [3.63, 3.8) is 0 Å². The summed E-state index contributed by atoms with van der Waals surface area (Å²) in [5, 5.41) is 19.4. The molecule has 4 atom stereocenters. The van der Waals surface area contributed by atoms with E-state index in [-0.39, 0.29) is 4.64 Å². The molecule has 106 valence electrons. The lowest BCUT2D eigenvalue weighted by Gasteiger charge is -2.21. The highest BCUT2D eigenvalue weighted by Crippen LogP contribution is 2.37. The predicted octanol–water partition coefficient (Wildman–Crippen LogP) is -0.531. The number of ether oxygens (including phenoxy) is 2. The van der Waals surface area contributed by atoms with Crippen LogP contribution in [0.2, 0.25) is 0 Å². The van der Waals surface area contributed by atoms with Crippen molar-refractivity contribution in [1.82, 2.24) is 9.55 Å². The first-order chi connectivity index (χ1) is 8.89. The fraction of sp³-hybridized carbons (Fsp3) is 0.600. The maximum Gasteiger partial charge on any atom is 0.328 e. The Hall–Kier alpha value is -1.13. The van der Waals surface area contributed by atoms with Crippen LogP contribution in [0.4, 0.5) is 4.39 Å². The molecule has 0 aromatic carbocycles. The minimum atomic E-state index is -2.58. The molecule has 9 heteroatoms. The Morgan fingerprint density at radius 2 is 2.37 bits per heavy atom. The van der Waals surface area contributed by atoms with Gasteiger partial charge in [0.05, 0.1) is 0 Å². The second-order valence-corrected chi connectivity index (χ2v) is 4.62. The van der Waals surface area contributed by atoms with Crippen molar-refractivity contribution in [2.75, 3.05) is 13.7 Å². The van der Waals surface area contributed by atoms with E-state index in [2.05, 4.69) is 9.72 Å². The van der Waals surface area contributed by atoms with E-state index >= 15 is 0 Å². The highest BCUT2D eigenvalue weighted by atomic mass is 32.1. The number of methoxy groups -OCH3 is 1. The van der Waals surface area contributed by atoms with Gasteiger partial charge in [0, 0.05) is 13.3 Å². The standard InChI is InChI=1S/C10H13FN2O5S/c1-17-4-10(11)7(15)6(14)8(18-10)13-3-2-5(19)12-9(13)16/h2-3,6-8,14-15H,4H2,1H3,(H,12,16,19)/t6-,7+,8-,10-/m1/s1. The highest BCUT2D eigenvalue weighted by molar-refractivity contribution is 7.71. The first-order valence-corrected chi connectivity index (χ1v) is 5.83. The van der Waals surface area contributed by atoms with Crippen molar-refractivity contribution < 1.29 is 24.1 Å². The molecular weight excluding hydrogens is 279 g/mol. The van der Waals surface area contributed by atoms with Crippen molar-refractivity contribution in [2.24, 2.45) is 0 Å². The molecular formula is C10H13FN2O5S. The maximum atomic E-state index is 14.2. The summed E-state index contributed by atoms with van der Waals surface area (Å²) in [5.41, 5.74) is -0.676. The molecule has 7 nitrogen and oxygen atoms in total. The van der Waals surface area contributed by atoms with Gasteiger partial charge in [-0.15, -0.1) is 0 Å². The minimum Gasteiger partial charge on any atom is -0.385 e. The molecule has 1 aliphatic rings. The van der Waals surface area contributed by atoms with Crippen LogP contribution in [0.3, 0.4) is 0 Å². The Balaban J connectivity index is 2.37. The number of rotatable bonds is 3. The van der Waals surface area contributed by atoms with Crippen LogP contribution in [-0.4, -0.2) is 51.5 Å². The summed E-state index contributed by atoms with van der Waals surface area (Å²) in [5.74, 6) is -2.58. The van der Waals surface area contributed by atoms with Crippen LogP contribution in [0.15, 0.2) is 17.1 Å². The van der Waals surface area contributed by atoms with Crippen LogP contribution < -0.4 is 5.69 Å². The molecule has 0 amide bonds. The lowest BCUT2D eigenvalue weighted by Crippen LogP contribution is -2.42. The van der Waals surface area contributed by atoms with Gasteiger partial charge in [0.15, 0.2) is 6.23 Å². The molecule has 0 radical (unpaired) electrons. The summed E-state index contributed by atoms with van der Waals surface area (Å²) in [7, 11) is 1.23. The Kier molecular flexibility index (Phi) is 3.83. The summed E-state index contributed by atoms with van der Waals surface area (Å²) >= 11 is 4.76. The van der Waals surface area contributed by atoms with Crippen LogP contribution in [-0.2, 0) is 9.47 Å². The van der Waals surface area contributed by atoms with Gasteiger partial charge < -0.3 is 19.7 Å². The van der Waals surface area contributed by atoms with Gasteiger partial charge >= 0.3 is 5.69 Å². The number of nitrogens with zero attached hydrogens (tertiary/aromatic N) is 1. The van der Waals surface area contributed by atoms with Crippen molar-refractivity contribution in [3.05, 3.63) is 27.4 Å². The van der Waals surface area contributed by atoms with Crippen molar-refractivity contribution in [2.45, 2.75) is 24.3 Å². The van der Waals surface area contributed by atoms with Gasteiger partial charge in [-0.2, -0.15) is 0 Å². The summed E-state index contributed by atoms with van der Waals surface area (Å²) in [6, 6.07) is 1.38. The third kappa shape index (κ3) is 2.47. The van der Waals surface area contributed by atoms with Crippen molar-refractivity contribution in [3.8, 4) is 0 Å². The van der Waals surface area contributed by atoms with Crippen LogP contribution in [0.1, 0.15) is 6.23 Å². The van der Waals surface area contributed by atoms with Crippen LogP contribution >= 0.6 is 12.2 Å². The molecule has 2 rings (SSSR count). The van der Waals surface area contributed by atoms with E-state index in [1.54, 1.807) is 0 Å². The smallest absolute Gasteiger partial charge is 0.328 e. The number of aromatic amines is 1. The molecule has 1 fully saturated rings. The number of nitrogens with one attached hydrogen (secondary N) is 1. The molecule has 0 spiro atoms. The molecule has 1 aliphatic heterocycles. The Labute approximate surface area is 112 Å². The number of alkyl halides is 1. The molecule has 0 saturated carbocycles. The zero-order chi connectivity index (χ0) is 14.2. The first-order valence-electron chi connectivity index (χ1n) is 5.42. The number of aliphatic hydroxyl groups is 2. The number of H-pyrrole nitrogens is 1. The molecule has 3 N–H and O–H groups in total. The van der Waals surface area contributed by atoms with Gasteiger partial charge in [-0.3, -0.25) is 9.55 Å². The Bertz CT molecular complexity index is 576. The largest absolute Gasteiger partial charge is 0.385 e. The van der Waals surface area contributed by atoms with E-state index < -0.39 is 36.6 Å². The minimum absolute atomic E-state index is 0.192. The average Bonchev–Trinajstić information content (AvgIpc) is 2.55. The van der Waals surface area contributed by atoms with E-state index in [9.17, 15) is 19.4 Å². The highest BCUT2D eigenvalue weighted by Gasteiger charge is 2.56. The first kappa shape index (κ1) is 14.3. The third-order valence-electron chi connectivity index (χ3n) is 2.84. The number of hydrogen-bond acceptors (Lipinski definition) is 6. The summed E-state index contributed by atoms with van der Waals surface area (Å²) in [4.78, 5) is 14.0. The van der Waals surface area contributed by atoms with Gasteiger partial charge in [-0.05, 0) is 6.07 Å². The molecule has 19 heavy (non-hydrogen) atoms. The number of aliphatic hydroxyl groups excluding tert-OH is 2. The van der Waals surface area contributed by atoms with Gasteiger partial charge in [0.1, 0.15) is 23.5 Å². The topological polar surface area (TPSA) is 96.7 Å². The van der Waals surface area contributed by atoms with E-state index in [1.807, 2.05) is 0 Å². The Morgan fingerprint density at radius 3 is 2.95 bits per heavy atom. The number of halogens is 1. The number of aromatic nitrogens is 2. The van der Waals surface area contributed by atoms with E-state index in [0.717, 1.165) is 4.57 Å². The lowest BCUT2D eigenvalue weighted by atomic mass is 10.1. The van der Waals surface area contributed by atoms with E-state index in [1.165, 1.54) is 19.4 Å². The average molecular weight is 292 g/mol. The monoisotopic (exact) mass is 292 g/mol. The van der Waals surface area contributed by atoms with E-state index in [0.29, 0.717) is 0 Å². The fourth-order valence-corrected chi connectivity index (χ4v) is 2.06. The maximum absolute atomic E-state index is 14.2. The lowest BCUT2D eigenvalue weighted by molar-refractivity contribution is -0.211. The van der Waals surface area contributed by atoms with E-state index in [4.69, 9.17) is 17.0 Å². The molecule has 0 unspecified atom stereocenters. The number of hydrogen-bond donors (Lipinski definition) is 3. The quantitative estimate of drug-likeness (QED) is 0.648. The molecule has 1 aromatic rings. The second kappa shape index (κ2) is 5.10.